The zero-order chi connectivity index (χ0) is 13.7. The number of anilines is 1. The van der Waals surface area contributed by atoms with Crippen molar-refractivity contribution in [2.24, 2.45) is 0 Å². The number of hydrogen-bond donors (Lipinski definition) is 2. The van der Waals surface area contributed by atoms with E-state index in [0.29, 0.717) is 30.6 Å². The van der Waals surface area contributed by atoms with E-state index in [2.05, 4.69) is 11.8 Å². The Kier molecular flexibility index (Phi) is 5.05. The van der Waals surface area contributed by atoms with Crippen LogP contribution in [-0.4, -0.2) is 41.8 Å². The smallest absolute Gasteiger partial charge is 0.142 e. The lowest BCUT2D eigenvalue weighted by atomic mass is 10.3. The van der Waals surface area contributed by atoms with Gasteiger partial charge in [0, 0.05) is 12.6 Å². The van der Waals surface area contributed by atoms with Gasteiger partial charge in [-0.3, -0.25) is 4.90 Å². The standard InChI is InChI=1S/C15H24N2O2/c1-2-9-17(12-7-8-12)10-13(18)11-19-15-6-4-3-5-14(15)16/h3-6,12-13,18H,2,7-11,16H2,1H3. The molecule has 1 fully saturated rings. The van der Waals surface area contributed by atoms with Crippen molar-refractivity contribution in [3.05, 3.63) is 24.3 Å². The van der Waals surface area contributed by atoms with Gasteiger partial charge in [0.1, 0.15) is 18.5 Å². The summed E-state index contributed by atoms with van der Waals surface area (Å²) in [7, 11) is 0. The number of hydrogen-bond acceptors (Lipinski definition) is 4. The molecule has 1 atom stereocenters. The summed E-state index contributed by atoms with van der Waals surface area (Å²) >= 11 is 0. The highest BCUT2D eigenvalue weighted by molar-refractivity contribution is 5.51. The minimum atomic E-state index is -0.466. The first-order valence-corrected chi connectivity index (χ1v) is 7.10. The molecule has 1 unspecified atom stereocenters. The molecule has 0 aliphatic heterocycles. The van der Waals surface area contributed by atoms with E-state index in [1.165, 1.54) is 12.8 Å². The van der Waals surface area contributed by atoms with Gasteiger partial charge in [-0.15, -0.1) is 0 Å². The first-order valence-electron chi connectivity index (χ1n) is 7.10. The molecule has 0 radical (unpaired) electrons. The maximum Gasteiger partial charge on any atom is 0.142 e. The molecule has 1 aromatic carbocycles. The number of para-hydroxylation sites is 2. The topological polar surface area (TPSA) is 58.7 Å². The molecule has 0 bridgehead atoms. The van der Waals surface area contributed by atoms with Crippen LogP contribution in [0.15, 0.2) is 24.3 Å². The predicted molar refractivity (Wildman–Crippen MR) is 77.2 cm³/mol. The average molecular weight is 264 g/mol. The number of aliphatic hydroxyl groups is 1. The fourth-order valence-corrected chi connectivity index (χ4v) is 2.27. The number of nitrogens with zero attached hydrogens (tertiary/aromatic N) is 1. The van der Waals surface area contributed by atoms with Gasteiger partial charge < -0.3 is 15.6 Å². The molecule has 0 amide bonds. The molecule has 0 spiro atoms. The molecule has 2 rings (SSSR count). The Morgan fingerprint density at radius 2 is 2.16 bits per heavy atom. The highest BCUT2D eigenvalue weighted by atomic mass is 16.5. The van der Waals surface area contributed by atoms with Crippen molar-refractivity contribution in [2.45, 2.75) is 38.3 Å². The first-order chi connectivity index (χ1) is 9.20. The highest BCUT2D eigenvalue weighted by Gasteiger charge is 2.29. The normalized spacial score (nSPS) is 16.6. The quantitative estimate of drug-likeness (QED) is 0.704. The molecule has 1 aliphatic rings. The zero-order valence-corrected chi connectivity index (χ0v) is 11.6. The van der Waals surface area contributed by atoms with Crippen molar-refractivity contribution in [3.63, 3.8) is 0 Å². The van der Waals surface area contributed by atoms with Gasteiger partial charge in [0.2, 0.25) is 0 Å². The number of benzene rings is 1. The molecule has 1 aliphatic carbocycles. The number of rotatable bonds is 8. The summed E-state index contributed by atoms with van der Waals surface area (Å²) in [6.07, 6.45) is 3.18. The molecule has 19 heavy (non-hydrogen) atoms. The van der Waals surface area contributed by atoms with Gasteiger partial charge in [-0.1, -0.05) is 19.1 Å². The van der Waals surface area contributed by atoms with Crippen LogP contribution >= 0.6 is 0 Å². The Labute approximate surface area is 115 Å². The van der Waals surface area contributed by atoms with Gasteiger partial charge in [0.15, 0.2) is 0 Å². The second-order valence-corrected chi connectivity index (χ2v) is 5.23. The summed E-state index contributed by atoms with van der Waals surface area (Å²) in [6, 6.07) is 8.05. The number of nitrogens with two attached hydrogens (primary N) is 1. The fourth-order valence-electron chi connectivity index (χ4n) is 2.27. The summed E-state index contributed by atoms with van der Waals surface area (Å²) in [4.78, 5) is 2.36. The SMILES string of the molecule is CCCN(CC(O)COc1ccccc1N)C1CC1. The molecular formula is C15H24N2O2. The van der Waals surface area contributed by atoms with Gasteiger partial charge in [0.25, 0.3) is 0 Å². The van der Waals surface area contributed by atoms with E-state index in [-0.39, 0.29) is 0 Å². The summed E-state index contributed by atoms with van der Waals surface area (Å²) in [5, 5.41) is 10.1. The van der Waals surface area contributed by atoms with Crippen molar-refractivity contribution >= 4 is 5.69 Å². The largest absolute Gasteiger partial charge is 0.489 e. The second kappa shape index (κ2) is 6.78. The molecule has 0 aromatic heterocycles. The molecule has 1 aromatic rings. The molecule has 1 saturated carbocycles. The summed E-state index contributed by atoms with van der Waals surface area (Å²) in [5.41, 5.74) is 6.41. The van der Waals surface area contributed by atoms with Gasteiger partial charge in [-0.25, -0.2) is 0 Å². The minimum Gasteiger partial charge on any atom is -0.489 e. The van der Waals surface area contributed by atoms with Crippen LogP contribution in [0.4, 0.5) is 5.69 Å². The Balaban J connectivity index is 1.77. The third-order valence-corrected chi connectivity index (χ3v) is 3.37. The molecule has 0 heterocycles. The average Bonchev–Trinajstić information content (AvgIpc) is 3.21. The van der Waals surface area contributed by atoms with E-state index in [9.17, 15) is 5.11 Å². The van der Waals surface area contributed by atoms with Crippen molar-refractivity contribution in [1.82, 2.24) is 4.90 Å². The predicted octanol–water partition coefficient (Wildman–Crippen LogP) is 1.88. The number of aliphatic hydroxyl groups excluding tert-OH is 1. The first kappa shape index (κ1) is 14.2. The lowest BCUT2D eigenvalue weighted by Gasteiger charge is -2.24. The van der Waals surface area contributed by atoms with E-state index in [1.54, 1.807) is 6.07 Å². The molecule has 4 heteroatoms. The van der Waals surface area contributed by atoms with Crippen LogP contribution in [0.3, 0.4) is 0 Å². The van der Waals surface area contributed by atoms with Gasteiger partial charge >= 0.3 is 0 Å². The third-order valence-electron chi connectivity index (χ3n) is 3.37. The fraction of sp³-hybridized carbons (Fsp3) is 0.600. The van der Waals surface area contributed by atoms with Crippen LogP contribution in [0.5, 0.6) is 5.75 Å². The maximum absolute atomic E-state index is 10.1. The lowest BCUT2D eigenvalue weighted by Crippen LogP contribution is -2.37. The Bertz CT molecular complexity index is 393. The Hall–Kier alpha value is -1.26. The molecule has 106 valence electrons. The van der Waals surface area contributed by atoms with E-state index in [1.807, 2.05) is 18.2 Å². The second-order valence-electron chi connectivity index (χ2n) is 5.23. The molecule has 4 nitrogen and oxygen atoms in total. The van der Waals surface area contributed by atoms with Gasteiger partial charge in [-0.05, 0) is 37.9 Å². The maximum atomic E-state index is 10.1. The van der Waals surface area contributed by atoms with E-state index < -0.39 is 6.10 Å². The van der Waals surface area contributed by atoms with Crippen molar-refractivity contribution in [1.29, 1.82) is 0 Å². The number of ether oxygens (including phenoxy) is 1. The van der Waals surface area contributed by atoms with Gasteiger partial charge in [-0.2, -0.15) is 0 Å². The summed E-state index contributed by atoms with van der Waals surface area (Å²) < 4.78 is 5.58. The van der Waals surface area contributed by atoms with Crippen LogP contribution in [0.25, 0.3) is 0 Å². The van der Waals surface area contributed by atoms with Crippen LogP contribution < -0.4 is 10.5 Å². The van der Waals surface area contributed by atoms with Crippen LogP contribution in [0.2, 0.25) is 0 Å². The Morgan fingerprint density at radius 1 is 1.42 bits per heavy atom. The monoisotopic (exact) mass is 264 g/mol. The summed E-state index contributed by atoms with van der Waals surface area (Å²) in [6.45, 7) is 4.20. The molecular weight excluding hydrogens is 240 g/mol. The van der Waals surface area contributed by atoms with E-state index in [4.69, 9.17) is 10.5 Å². The number of nitrogen functional groups attached to an aromatic ring is 1. The van der Waals surface area contributed by atoms with Crippen LogP contribution in [-0.2, 0) is 0 Å². The molecule has 0 saturated heterocycles. The zero-order valence-electron chi connectivity index (χ0n) is 11.6. The van der Waals surface area contributed by atoms with Crippen molar-refractivity contribution in [2.75, 3.05) is 25.4 Å². The third kappa shape index (κ3) is 4.40. The Morgan fingerprint density at radius 3 is 2.79 bits per heavy atom. The van der Waals surface area contributed by atoms with Crippen LogP contribution in [0.1, 0.15) is 26.2 Å². The highest BCUT2D eigenvalue weighted by Crippen LogP contribution is 2.27. The van der Waals surface area contributed by atoms with E-state index in [0.717, 1.165) is 13.0 Å². The molecule has 3 N–H and O–H groups in total. The summed E-state index contributed by atoms with van der Waals surface area (Å²) in [5.74, 6) is 0.648. The van der Waals surface area contributed by atoms with Crippen molar-refractivity contribution in [3.8, 4) is 5.75 Å². The minimum absolute atomic E-state index is 0.293. The lowest BCUT2D eigenvalue weighted by molar-refractivity contribution is 0.0656. The van der Waals surface area contributed by atoms with E-state index >= 15 is 0 Å². The van der Waals surface area contributed by atoms with Gasteiger partial charge in [0.05, 0.1) is 5.69 Å². The van der Waals surface area contributed by atoms with Crippen molar-refractivity contribution < 1.29 is 9.84 Å². The van der Waals surface area contributed by atoms with Crippen LogP contribution in [0, 0.1) is 0 Å².